The number of aromatic amines is 1. The molecule has 0 amide bonds. The van der Waals surface area contributed by atoms with Crippen LogP contribution in [-0.4, -0.2) is 17.3 Å². The molecule has 1 heterocycles. The number of aryl methyl sites for hydroxylation is 1. The number of Topliss-reactive ketones (excluding diaryl/α,β-unsaturated/α-hetero) is 1. The van der Waals surface area contributed by atoms with Gasteiger partial charge in [-0.15, -0.1) is 0 Å². The van der Waals surface area contributed by atoms with Crippen LogP contribution >= 0.6 is 15.9 Å². The van der Waals surface area contributed by atoms with E-state index < -0.39 is 0 Å². The van der Waals surface area contributed by atoms with Crippen LogP contribution in [0.15, 0.2) is 22.8 Å². The molecule has 2 rings (SSSR count). The zero-order valence-electron chi connectivity index (χ0n) is 13.7. The van der Waals surface area contributed by atoms with E-state index in [9.17, 15) is 4.79 Å². The molecule has 0 aliphatic heterocycles. The molecule has 0 unspecified atom stereocenters. The van der Waals surface area contributed by atoms with Crippen LogP contribution in [0.5, 0.6) is 0 Å². The lowest BCUT2D eigenvalue weighted by molar-refractivity contribution is -0.114. The third kappa shape index (κ3) is 7.44. The highest BCUT2D eigenvalue weighted by molar-refractivity contribution is 9.10. The molecule has 0 spiro atoms. The first kappa shape index (κ1) is 19.9. The maximum Gasteiger partial charge on any atom is 0.126 e. The van der Waals surface area contributed by atoms with Crippen LogP contribution in [0.1, 0.15) is 45.2 Å². The van der Waals surface area contributed by atoms with Crippen molar-refractivity contribution in [2.45, 2.75) is 47.5 Å². The van der Waals surface area contributed by atoms with Gasteiger partial charge in [0.1, 0.15) is 5.78 Å². The van der Waals surface area contributed by atoms with E-state index in [2.05, 4.69) is 53.8 Å². The van der Waals surface area contributed by atoms with Crippen molar-refractivity contribution in [1.29, 1.82) is 0 Å². The number of hydrogen-bond donors (Lipinski definition) is 2. The molecule has 0 atom stereocenters. The number of nitrogens with two attached hydrogens (primary N) is 1. The highest BCUT2D eigenvalue weighted by Gasteiger charge is 2.06. The molecule has 0 aliphatic rings. The fourth-order valence-electron chi connectivity index (χ4n) is 1.74. The minimum Gasteiger partial charge on any atom is -0.360 e. The summed E-state index contributed by atoms with van der Waals surface area (Å²) in [6.07, 6.45) is 4.22. The Kier molecular flexibility index (Phi) is 10.0. The van der Waals surface area contributed by atoms with Gasteiger partial charge < -0.3 is 15.5 Å². The largest absolute Gasteiger partial charge is 0.360 e. The molecule has 4 heteroatoms. The predicted octanol–water partition coefficient (Wildman–Crippen LogP) is 4.75. The van der Waals surface area contributed by atoms with Gasteiger partial charge in [-0.1, -0.05) is 20.3 Å². The van der Waals surface area contributed by atoms with E-state index in [4.69, 9.17) is 5.73 Å². The molecule has 0 aliphatic carbocycles. The number of hydrogen-bond acceptors (Lipinski definition) is 2. The van der Waals surface area contributed by atoms with Crippen LogP contribution in [0, 0.1) is 6.92 Å². The van der Waals surface area contributed by atoms with Crippen LogP contribution in [0.25, 0.3) is 10.9 Å². The van der Waals surface area contributed by atoms with Crippen molar-refractivity contribution in [3.8, 4) is 0 Å². The monoisotopic (exact) mass is 354 g/mol. The molecule has 0 fully saturated rings. The van der Waals surface area contributed by atoms with Crippen molar-refractivity contribution >= 4 is 32.6 Å². The van der Waals surface area contributed by atoms with Crippen molar-refractivity contribution in [1.82, 2.24) is 4.98 Å². The van der Waals surface area contributed by atoms with Crippen molar-refractivity contribution in [2.24, 2.45) is 5.73 Å². The summed E-state index contributed by atoms with van der Waals surface area (Å²) in [7, 11) is 0. The fraction of sp³-hybridized carbons (Fsp3) is 0.471. The Morgan fingerprint density at radius 3 is 2.29 bits per heavy atom. The van der Waals surface area contributed by atoms with Gasteiger partial charge in [0, 0.05) is 16.1 Å². The first-order chi connectivity index (χ1) is 9.87. The molecule has 21 heavy (non-hydrogen) atoms. The van der Waals surface area contributed by atoms with Crippen molar-refractivity contribution < 1.29 is 4.79 Å². The van der Waals surface area contributed by atoms with Crippen molar-refractivity contribution in [2.75, 3.05) is 6.54 Å². The number of fused-ring (bicyclic) bond motifs is 1. The van der Waals surface area contributed by atoms with Gasteiger partial charge in [0.25, 0.3) is 0 Å². The molecule has 2 aromatic rings. The van der Waals surface area contributed by atoms with E-state index in [1.165, 1.54) is 42.3 Å². The van der Waals surface area contributed by atoms with Crippen LogP contribution in [-0.2, 0) is 11.2 Å². The summed E-state index contributed by atoms with van der Waals surface area (Å²) in [4.78, 5) is 12.7. The van der Waals surface area contributed by atoms with Crippen molar-refractivity contribution in [3.05, 3.63) is 33.9 Å². The molecule has 0 saturated heterocycles. The van der Waals surface area contributed by atoms with Crippen LogP contribution in [0.3, 0.4) is 0 Å². The summed E-state index contributed by atoms with van der Waals surface area (Å²) >= 11 is 3.55. The third-order valence-corrected chi connectivity index (χ3v) is 3.01. The number of aromatic nitrogens is 1. The number of H-pyrrole nitrogens is 1. The molecule has 3 N–H and O–H groups in total. The van der Waals surface area contributed by atoms with Crippen LogP contribution in [0.4, 0.5) is 0 Å². The van der Waals surface area contributed by atoms with Gasteiger partial charge >= 0.3 is 0 Å². The lowest BCUT2D eigenvalue weighted by Gasteiger charge is -2.00. The molecular weight excluding hydrogens is 328 g/mol. The molecule has 3 nitrogen and oxygen atoms in total. The second kappa shape index (κ2) is 10.6. The molecule has 1 aromatic carbocycles. The molecule has 0 radical (unpaired) electrons. The van der Waals surface area contributed by atoms with Gasteiger partial charge in [0.05, 0.1) is 5.52 Å². The maximum absolute atomic E-state index is 9.44. The van der Waals surface area contributed by atoms with Crippen molar-refractivity contribution in [3.63, 3.8) is 0 Å². The number of benzene rings is 1. The molecule has 118 valence electrons. The summed E-state index contributed by atoms with van der Waals surface area (Å²) < 4.78 is 1.12. The van der Waals surface area contributed by atoms with E-state index in [-0.39, 0.29) is 5.78 Å². The number of rotatable bonds is 2. The van der Waals surface area contributed by atoms with Crippen LogP contribution in [0.2, 0.25) is 0 Å². The molecule has 0 saturated carbocycles. The lowest BCUT2D eigenvalue weighted by atomic mass is 10.1. The Bertz CT molecular complexity index is 557. The third-order valence-electron chi connectivity index (χ3n) is 2.38. The number of carbonyl (C=O) groups is 1. The van der Waals surface area contributed by atoms with Gasteiger partial charge in [-0.05, 0) is 72.9 Å². The minimum atomic E-state index is 0.167. The number of halogens is 1. The first-order valence-electron chi connectivity index (χ1n) is 7.30. The van der Waals surface area contributed by atoms with E-state index in [1.807, 2.05) is 6.20 Å². The standard InChI is InChI=1S/C11H13BrN2.C3H6O.C3H8/c1-7-4-9-8(2-3-13)6-14-11(9)10(12)5-7;1-3(2)4;1-3-2/h4-6,14H,2-3,13H2,1H3;1-2H3;3H2,1-2H3. The smallest absolute Gasteiger partial charge is 0.126 e. The zero-order chi connectivity index (χ0) is 16.4. The number of nitrogens with one attached hydrogen (secondary N) is 1. The quantitative estimate of drug-likeness (QED) is 0.817. The first-order valence-corrected chi connectivity index (χ1v) is 8.09. The Morgan fingerprint density at radius 2 is 1.81 bits per heavy atom. The minimum absolute atomic E-state index is 0.167. The molecule has 0 bridgehead atoms. The number of ketones is 1. The lowest BCUT2D eigenvalue weighted by Crippen LogP contribution is -2.01. The SMILES string of the molecule is CC(C)=O.CCC.Cc1cc(Br)c2[nH]cc(CCN)c2c1. The topological polar surface area (TPSA) is 58.9 Å². The average Bonchev–Trinajstić information content (AvgIpc) is 2.73. The van der Waals surface area contributed by atoms with E-state index in [1.54, 1.807) is 0 Å². The van der Waals surface area contributed by atoms with E-state index in [0.717, 1.165) is 10.9 Å². The van der Waals surface area contributed by atoms with Gasteiger partial charge in [0.15, 0.2) is 0 Å². The summed E-state index contributed by atoms with van der Waals surface area (Å²) in [6, 6.07) is 4.31. The number of carbonyl (C=O) groups excluding carboxylic acids is 1. The molecule has 1 aromatic heterocycles. The maximum atomic E-state index is 9.44. The summed E-state index contributed by atoms with van der Waals surface area (Å²) in [5, 5.41) is 1.28. The summed E-state index contributed by atoms with van der Waals surface area (Å²) in [6.45, 7) is 10.1. The Morgan fingerprint density at radius 1 is 1.29 bits per heavy atom. The normalized spacial score (nSPS) is 9.48. The Labute approximate surface area is 136 Å². The average molecular weight is 355 g/mol. The van der Waals surface area contributed by atoms with Gasteiger partial charge in [-0.3, -0.25) is 0 Å². The highest BCUT2D eigenvalue weighted by Crippen LogP contribution is 2.27. The fourth-order valence-corrected chi connectivity index (χ4v) is 2.43. The second-order valence-corrected chi connectivity index (χ2v) is 5.99. The summed E-state index contributed by atoms with van der Waals surface area (Å²) in [5.74, 6) is 0.167. The van der Waals surface area contributed by atoms with E-state index >= 15 is 0 Å². The highest BCUT2D eigenvalue weighted by atomic mass is 79.9. The molecular formula is C17H27BrN2O. The van der Waals surface area contributed by atoms with E-state index in [0.29, 0.717) is 6.54 Å². The predicted molar refractivity (Wildman–Crippen MR) is 95.8 cm³/mol. The zero-order valence-corrected chi connectivity index (χ0v) is 15.3. The van der Waals surface area contributed by atoms with Gasteiger partial charge in [-0.2, -0.15) is 0 Å². The second-order valence-electron chi connectivity index (χ2n) is 5.14. The summed E-state index contributed by atoms with van der Waals surface area (Å²) in [5.41, 5.74) is 9.29. The van der Waals surface area contributed by atoms with Gasteiger partial charge in [0.2, 0.25) is 0 Å². The Hall–Kier alpha value is -1.13. The Balaban J connectivity index is 0.000000486. The van der Waals surface area contributed by atoms with Gasteiger partial charge in [-0.25, -0.2) is 0 Å². The van der Waals surface area contributed by atoms with Crippen LogP contribution < -0.4 is 5.73 Å².